The van der Waals surface area contributed by atoms with Gasteiger partial charge < -0.3 is 20.3 Å². The number of anilines is 1. The molecule has 0 fully saturated rings. The van der Waals surface area contributed by atoms with Crippen LogP contribution in [0.1, 0.15) is 29.6 Å². The fraction of sp³-hybridized carbons (Fsp3) is 0.211. The van der Waals surface area contributed by atoms with Crippen molar-refractivity contribution in [3.8, 4) is 11.4 Å². The highest BCUT2D eigenvalue weighted by atomic mass is 32.1. The van der Waals surface area contributed by atoms with Crippen LogP contribution in [0.3, 0.4) is 0 Å². The molecule has 3 aromatic rings. The third-order valence-electron chi connectivity index (χ3n) is 3.90. The molecule has 29 heavy (non-hydrogen) atoms. The van der Waals surface area contributed by atoms with E-state index in [0.717, 1.165) is 5.56 Å². The van der Waals surface area contributed by atoms with E-state index >= 15 is 0 Å². The van der Waals surface area contributed by atoms with Crippen molar-refractivity contribution in [1.29, 1.82) is 0 Å². The van der Waals surface area contributed by atoms with Crippen LogP contribution in [0, 0.1) is 0 Å². The lowest BCUT2D eigenvalue weighted by atomic mass is 10.2. The number of aromatic nitrogens is 2. The minimum atomic E-state index is -0.998. The molecular formula is C19H18N4O5S. The van der Waals surface area contributed by atoms with Gasteiger partial charge in [0.2, 0.25) is 17.6 Å². The number of nitrogens with one attached hydrogen (secondary N) is 1. The van der Waals surface area contributed by atoms with Crippen LogP contribution in [0.2, 0.25) is 0 Å². The van der Waals surface area contributed by atoms with Crippen molar-refractivity contribution in [2.75, 3.05) is 5.32 Å². The summed E-state index contributed by atoms with van der Waals surface area (Å²) in [7, 11) is 0. The molecule has 3 rings (SSSR count). The molecule has 0 spiro atoms. The van der Waals surface area contributed by atoms with Gasteiger partial charge in [-0.1, -0.05) is 5.16 Å². The van der Waals surface area contributed by atoms with Crippen molar-refractivity contribution in [2.24, 2.45) is 5.73 Å². The number of ether oxygens (including phenoxy) is 1. The van der Waals surface area contributed by atoms with Crippen LogP contribution in [-0.2, 0) is 20.7 Å². The lowest BCUT2D eigenvalue weighted by Crippen LogP contribution is -2.30. The first-order chi connectivity index (χ1) is 13.9. The van der Waals surface area contributed by atoms with Crippen LogP contribution in [0.4, 0.5) is 5.69 Å². The van der Waals surface area contributed by atoms with Crippen LogP contribution < -0.4 is 11.1 Å². The molecule has 0 aliphatic carbocycles. The smallest absolute Gasteiger partial charge is 0.307 e. The minimum absolute atomic E-state index is 0.00377. The van der Waals surface area contributed by atoms with Crippen LogP contribution in [0.15, 0.2) is 45.6 Å². The Morgan fingerprint density at radius 2 is 2.00 bits per heavy atom. The molecule has 0 saturated heterocycles. The quantitative estimate of drug-likeness (QED) is 0.540. The van der Waals surface area contributed by atoms with E-state index in [0.29, 0.717) is 23.0 Å². The summed E-state index contributed by atoms with van der Waals surface area (Å²) in [4.78, 5) is 39.4. The molecule has 1 atom stereocenters. The molecule has 2 amide bonds. The van der Waals surface area contributed by atoms with Gasteiger partial charge in [-0.2, -0.15) is 16.3 Å². The molecule has 2 heterocycles. The Hall–Kier alpha value is -3.53. The van der Waals surface area contributed by atoms with E-state index in [4.69, 9.17) is 15.0 Å². The van der Waals surface area contributed by atoms with Crippen molar-refractivity contribution < 1.29 is 23.6 Å². The highest BCUT2D eigenvalue weighted by molar-refractivity contribution is 7.08. The molecule has 10 heteroatoms. The second-order valence-corrected chi connectivity index (χ2v) is 6.87. The Morgan fingerprint density at radius 1 is 1.24 bits per heavy atom. The third kappa shape index (κ3) is 5.48. The normalized spacial score (nSPS) is 11.6. The van der Waals surface area contributed by atoms with Crippen LogP contribution >= 0.6 is 11.3 Å². The van der Waals surface area contributed by atoms with Gasteiger partial charge in [-0.3, -0.25) is 14.4 Å². The maximum absolute atomic E-state index is 12.2. The monoisotopic (exact) mass is 414 g/mol. The summed E-state index contributed by atoms with van der Waals surface area (Å²) in [5.74, 6) is -0.844. The maximum Gasteiger partial charge on any atom is 0.307 e. The Bertz CT molecular complexity index is 998. The van der Waals surface area contributed by atoms with Gasteiger partial charge in [-0.15, -0.1) is 0 Å². The molecule has 150 valence electrons. The SMILES string of the molecule is C[C@H](OC(=O)CCc1nc(-c2ccsc2)no1)C(=O)Nc1ccc(C(N)=O)cc1. The summed E-state index contributed by atoms with van der Waals surface area (Å²) in [6.07, 6.45) is -0.794. The number of rotatable bonds is 8. The second-order valence-electron chi connectivity index (χ2n) is 6.09. The lowest BCUT2D eigenvalue weighted by molar-refractivity contribution is -0.153. The van der Waals surface area contributed by atoms with Crippen molar-refractivity contribution in [1.82, 2.24) is 10.1 Å². The van der Waals surface area contributed by atoms with Gasteiger partial charge in [-0.05, 0) is 42.6 Å². The van der Waals surface area contributed by atoms with Gasteiger partial charge in [0.05, 0.1) is 6.42 Å². The average Bonchev–Trinajstić information content (AvgIpc) is 3.38. The number of benzene rings is 1. The zero-order valence-corrected chi connectivity index (χ0v) is 16.3. The highest BCUT2D eigenvalue weighted by Gasteiger charge is 2.19. The van der Waals surface area contributed by atoms with Gasteiger partial charge in [0.25, 0.3) is 5.91 Å². The molecule has 0 aliphatic rings. The van der Waals surface area contributed by atoms with Gasteiger partial charge in [0, 0.05) is 28.6 Å². The summed E-state index contributed by atoms with van der Waals surface area (Å²) in [6, 6.07) is 7.92. The molecule has 9 nitrogen and oxygen atoms in total. The fourth-order valence-corrected chi connectivity index (χ4v) is 2.98. The molecule has 1 aromatic carbocycles. The topological polar surface area (TPSA) is 137 Å². The van der Waals surface area contributed by atoms with E-state index < -0.39 is 23.9 Å². The number of carbonyl (C=O) groups is 3. The third-order valence-corrected chi connectivity index (χ3v) is 4.59. The Morgan fingerprint density at radius 3 is 2.66 bits per heavy atom. The summed E-state index contributed by atoms with van der Waals surface area (Å²) in [5.41, 5.74) is 6.79. The lowest BCUT2D eigenvalue weighted by Gasteiger charge is -2.13. The zero-order chi connectivity index (χ0) is 20.8. The highest BCUT2D eigenvalue weighted by Crippen LogP contribution is 2.19. The summed E-state index contributed by atoms with van der Waals surface area (Å²) < 4.78 is 10.3. The predicted molar refractivity (Wildman–Crippen MR) is 105 cm³/mol. The van der Waals surface area contributed by atoms with Crippen molar-refractivity contribution >= 4 is 34.8 Å². The predicted octanol–water partition coefficient (Wildman–Crippen LogP) is 2.40. The van der Waals surface area contributed by atoms with Crippen molar-refractivity contribution in [3.05, 3.63) is 52.5 Å². The molecule has 0 aliphatic heterocycles. The van der Waals surface area contributed by atoms with E-state index in [9.17, 15) is 14.4 Å². The van der Waals surface area contributed by atoms with Crippen molar-refractivity contribution in [2.45, 2.75) is 25.9 Å². The molecule has 0 bridgehead atoms. The number of hydrogen-bond acceptors (Lipinski definition) is 8. The molecule has 0 unspecified atom stereocenters. The summed E-state index contributed by atoms with van der Waals surface area (Å²) in [5, 5.41) is 10.3. The van der Waals surface area contributed by atoms with E-state index in [2.05, 4.69) is 15.5 Å². The molecule has 3 N–H and O–H groups in total. The van der Waals surface area contributed by atoms with E-state index in [-0.39, 0.29) is 12.8 Å². The van der Waals surface area contributed by atoms with Crippen molar-refractivity contribution in [3.63, 3.8) is 0 Å². The van der Waals surface area contributed by atoms with E-state index in [1.165, 1.54) is 42.5 Å². The number of primary amides is 1. The number of carbonyl (C=O) groups excluding carboxylic acids is 3. The minimum Gasteiger partial charge on any atom is -0.453 e. The van der Waals surface area contributed by atoms with Crippen LogP contribution in [-0.4, -0.2) is 34.0 Å². The Balaban J connectivity index is 1.46. The number of esters is 1. The second kappa shape index (κ2) is 9.11. The zero-order valence-electron chi connectivity index (χ0n) is 15.5. The number of amides is 2. The molecule has 0 saturated carbocycles. The average molecular weight is 414 g/mol. The van der Waals surface area contributed by atoms with Gasteiger partial charge in [0.15, 0.2) is 6.10 Å². The number of hydrogen-bond donors (Lipinski definition) is 2. The Kier molecular flexibility index (Phi) is 6.35. The number of nitrogens with zero attached hydrogens (tertiary/aromatic N) is 2. The number of thiophene rings is 1. The Labute approximate surface area is 169 Å². The maximum atomic E-state index is 12.2. The van der Waals surface area contributed by atoms with Gasteiger partial charge in [0.1, 0.15) is 0 Å². The number of nitrogens with two attached hydrogens (primary N) is 1. The largest absolute Gasteiger partial charge is 0.453 e. The standard InChI is InChI=1S/C19H18N4O5S/c1-11(19(26)21-14-4-2-12(3-5-14)17(20)25)27-16(24)7-6-15-22-18(23-28-15)13-8-9-29-10-13/h2-5,8-11H,6-7H2,1H3,(H2,20,25)(H,21,26)/t11-/m0/s1. The molecule has 2 aromatic heterocycles. The van der Waals surface area contributed by atoms with Gasteiger partial charge in [-0.25, -0.2) is 0 Å². The van der Waals surface area contributed by atoms with E-state index in [1.807, 2.05) is 16.8 Å². The first-order valence-electron chi connectivity index (χ1n) is 8.67. The summed E-state index contributed by atoms with van der Waals surface area (Å²) in [6.45, 7) is 1.46. The molecule has 0 radical (unpaired) electrons. The van der Waals surface area contributed by atoms with Crippen LogP contribution in [0.5, 0.6) is 0 Å². The number of aryl methyl sites for hydroxylation is 1. The van der Waals surface area contributed by atoms with Crippen LogP contribution in [0.25, 0.3) is 11.4 Å². The van der Waals surface area contributed by atoms with Gasteiger partial charge >= 0.3 is 5.97 Å². The first-order valence-corrected chi connectivity index (χ1v) is 9.62. The fourth-order valence-electron chi connectivity index (χ4n) is 2.35. The molecular weight excluding hydrogens is 396 g/mol. The summed E-state index contributed by atoms with van der Waals surface area (Å²) >= 11 is 1.52. The first kappa shape index (κ1) is 20.2. The van der Waals surface area contributed by atoms with E-state index in [1.54, 1.807) is 0 Å².